The number of hydrogen-bond donors (Lipinski definition) is 0. The summed E-state index contributed by atoms with van der Waals surface area (Å²) in [5.41, 5.74) is 1.63. The Labute approximate surface area is 209 Å². The fraction of sp³-hybridized carbons (Fsp3) is 0.500. The van der Waals surface area contributed by atoms with E-state index in [0.29, 0.717) is 40.2 Å². The number of rotatable bonds is 3. The SMILES string of the molecule is CC1=C(C(=O)OC2CCCCC2)[C@@H](c2coc3ccc(Cl)cc3c2=O)[C@H]2C(=O)CC(C)(C)CC2=N1. The molecule has 1 aromatic carbocycles. The summed E-state index contributed by atoms with van der Waals surface area (Å²) in [6, 6.07) is 4.86. The Morgan fingerprint density at radius 2 is 1.86 bits per heavy atom. The molecule has 2 atom stereocenters. The van der Waals surface area contributed by atoms with Crippen LogP contribution in [0, 0.1) is 11.3 Å². The van der Waals surface area contributed by atoms with Gasteiger partial charge in [0, 0.05) is 34.3 Å². The van der Waals surface area contributed by atoms with Gasteiger partial charge in [-0.15, -0.1) is 0 Å². The first-order valence-electron chi connectivity index (χ1n) is 12.4. The van der Waals surface area contributed by atoms with Crippen LogP contribution in [0.25, 0.3) is 11.0 Å². The number of carbonyl (C=O) groups is 2. The van der Waals surface area contributed by atoms with Crippen molar-refractivity contribution in [1.29, 1.82) is 0 Å². The first-order valence-corrected chi connectivity index (χ1v) is 12.8. The maximum atomic E-state index is 13.7. The van der Waals surface area contributed by atoms with Crippen molar-refractivity contribution in [2.75, 3.05) is 0 Å². The van der Waals surface area contributed by atoms with Crippen LogP contribution >= 0.6 is 11.6 Å². The molecule has 3 aliphatic rings. The minimum absolute atomic E-state index is 0.0222. The normalized spacial score (nSPS) is 24.8. The van der Waals surface area contributed by atoms with Gasteiger partial charge in [-0.1, -0.05) is 31.9 Å². The van der Waals surface area contributed by atoms with Crippen molar-refractivity contribution < 1.29 is 18.7 Å². The smallest absolute Gasteiger partial charge is 0.336 e. The van der Waals surface area contributed by atoms with Crippen LogP contribution in [0.5, 0.6) is 0 Å². The molecule has 0 radical (unpaired) electrons. The molecule has 5 rings (SSSR count). The van der Waals surface area contributed by atoms with Crippen LogP contribution < -0.4 is 5.43 Å². The number of esters is 1. The summed E-state index contributed by atoms with van der Waals surface area (Å²) in [6.07, 6.45) is 7.03. The van der Waals surface area contributed by atoms with Crippen molar-refractivity contribution in [3.8, 4) is 0 Å². The molecule has 0 bridgehead atoms. The summed E-state index contributed by atoms with van der Waals surface area (Å²) >= 11 is 6.17. The van der Waals surface area contributed by atoms with Crippen LogP contribution in [0.2, 0.25) is 5.02 Å². The van der Waals surface area contributed by atoms with E-state index in [1.165, 1.54) is 6.26 Å². The summed E-state index contributed by atoms with van der Waals surface area (Å²) in [5.74, 6) is -2.02. The summed E-state index contributed by atoms with van der Waals surface area (Å²) in [7, 11) is 0. The van der Waals surface area contributed by atoms with Gasteiger partial charge >= 0.3 is 5.97 Å². The van der Waals surface area contributed by atoms with Gasteiger partial charge < -0.3 is 9.15 Å². The molecule has 2 aromatic rings. The molecule has 184 valence electrons. The number of nitrogens with zero attached hydrogens (tertiary/aromatic N) is 1. The van der Waals surface area contributed by atoms with Crippen molar-refractivity contribution in [2.24, 2.45) is 16.3 Å². The molecule has 0 saturated heterocycles. The number of aliphatic imine (C=N–C) groups is 1. The molecule has 2 heterocycles. The number of carbonyl (C=O) groups excluding carboxylic acids is 2. The minimum Gasteiger partial charge on any atom is -0.464 e. The predicted molar refractivity (Wildman–Crippen MR) is 135 cm³/mol. The first kappa shape index (κ1) is 24.0. The highest BCUT2D eigenvalue weighted by atomic mass is 35.5. The summed E-state index contributed by atoms with van der Waals surface area (Å²) < 4.78 is 11.7. The molecular formula is C28H30ClNO5. The average molecular weight is 496 g/mol. The number of fused-ring (bicyclic) bond motifs is 2. The van der Waals surface area contributed by atoms with Gasteiger partial charge in [-0.3, -0.25) is 14.6 Å². The Morgan fingerprint density at radius 3 is 2.60 bits per heavy atom. The van der Waals surface area contributed by atoms with Gasteiger partial charge in [-0.05, 0) is 62.6 Å². The molecule has 2 fully saturated rings. The second kappa shape index (κ2) is 9.05. The standard InChI is InChI=1S/C28H30ClNO5/c1-15-23(27(33)35-17-7-5-4-6-8-17)24(25-20(30-15)12-28(2,3)13-21(25)31)19-14-34-22-10-9-16(29)11-18(22)26(19)32/h9-11,14,17,24-25H,4-8,12-13H2,1-3H3/t24-,25-/m1/s1. The predicted octanol–water partition coefficient (Wildman–Crippen LogP) is 6.14. The molecule has 35 heavy (non-hydrogen) atoms. The highest BCUT2D eigenvalue weighted by Gasteiger charge is 2.49. The Morgan fingerprint density at radius 1 is 1.11 bits per heavy atom. The van der Waals surface area contributed by atoms with Crippen molar-refractivity contribution in [2.45, 2.75) is 77.7 Å². The average Bonchev–Trinajstić information content (AvgIpc) is 2.78. The zero-order valence-corrected chi connectivity index (χ0v) is 21.1. The summed E-state index contributed by atoms with van der Waals surface area (Å²) in [6.45, 7) is 5.84. The molecular weight excluding hydrogens is 466 g/mol. The molecule has 2 aliphatic carbocycles. The highest BCUT2D eigenvalue weighted by molar-refractivity contribution is 6.31. The molecule has 2 saturated carbocycles. The number of ether oxygens (including phenoxy) is 1. The quantitative estimate of drug-likeness (QED) is 0.477. The Bertz CT molecular complexity index is 1330. The third kappa shape index (κ3) is 4.49. The van der Waals surface area contributed by atoms with Crippen LogP contribution in [0.15, 0.2) is 49.9 Å². The monoisotopic (exact) mass is 495 g/mol. The zero-order valence-electron chi connectivity index (χ0n) is 20.4. The van der Waals surface area contributed by atoms with Crippen LogP contribution in [-0.2, 0) is 14.3 Å². The van der Waals surface area contributed by atoms with Crippen LogP contribution in [-0.4, -0.2) is 23.6 Å². The van der Waals surface area contributed by atoms with Crippen LogP contribution in [0.4, 0.5) is 0 Å². The Hall–Kier alpha value is -2.73. The maximum Gasteiger partial charge on any atom is 0.336 e. The van der Waals surface area contributed by atoms with Gasteiger partial charge in [0.15, 0.2) is 5.43 Å². The van der Waals surface area contributed by atoms with Gasteiger partial charge in [0.2, 0.25) is 0 Å². The zero-order chi connectivity index (χ0) is 24.9. The fourth-order valence-corrected chi connectivity index (χ4v) is 6.10. The molecule has 0 amide bonds. The van der Waals surface area contributed by atoms with E-state index in [1.807, 2.05) is 13.8 Å². The van der Waals surface area contributed by atoms with Crippen molar-refractivity contribution in [3.63, 3.8) is 0 Å². The highest BCUT2D eigenvalue weighted by Crippen LogP contribution is 2.46. The molecule has 0 spiro atoms. The summed E-state index contributed by atoms with van der Waals surface area (Å²) in [4.78, 5) is 45.6. The lowest BCUT2D eigenvalue weighted by Crippen LogP contribution is -2.45. The number of halogens is 1. The number of allylic oxidation sites excluding steroid dienone is 1. The molecule has 0 N–H and O–H groups in total. The third-order valence-electron chi connectivity index (χ3n) is 7.51. The van der Waals surface area contributed by atoms with E-state index < -0.39 is 17.8 Å². The lowest BCUT2D eigenvalue weighted by atomic mass is 9.63. The van der Waals surface area contributed by atoms with E-state index in [4.69, 9.17) is 25.7 Å². The van der Waals surface area contributed by atoms with Gasteiger partial charge in [0.05, 0.1) is 23.1 Å². The van der Waals surface area contributed by atoms with Crippen molar-refractivity contribution in [3.05, 3.63) is 56.5 Å². The van der Waals surface area contributed by atoms with Gasteiger partial charge in [0.1, 0.15) is 17.5 Å². The largest absolute Gasteiger partial charge is 0.464 e. The van der Waals surface area contributed by atoms with Crippen LogP contribution in [0.3, 0.4) is 0 Å². The van der Waals surface area contributed by atoms with E-state index in [0.717, 1.165) is 32.1 Å². The molecule has 1 aliphatic heterocycles. The Balaban J connectivity index is 1.66. The number of hydrogen-bond acceptors (Lipinski definition) is 6. The molecule has 6 nitrogen and oxygen atoms in total. The minimum atomic E-state index is -0.804. The Kier molecular flexibility index (Phi) is 6.20. The number of ketones is 1. The lowest BCUT2D eigenvalue weighted by Gasteiger charge is -2.40. The topological polar surface area (TPSA) is 85.9 Å². The number of Topliss-reactive ketones (excluding diaryl/α,β-unsaturated/α-hetero) is 1. The van der Waals surface area contributed by atoms with E-state index >= 15 is 0 Å². The van der Waals surface area contributed by atoms with E-state index in [9.17, 15) is 14.4 Å². The lowest BCUT2D eigenvalue weighted by molar-refractivity contribution is -0.146. The molecule has 1 aromatic heterocycles. The van der Waals surface area contributed by atoms with Crippen LogP contribution in [0.1, 0.15) is 77.2 Å². The van der Waals surface area contributed by atoms with Crippen molar-refractivity contribution >= 4 is 40.0 Å². The third-order valence-corrected chi connectivity index (χ3v) is 7.74. The first-order chi connectivity index (χ1) is 16.6. The second-order valence-corrected chi connectivity index (χ2v) is 11.3. The van der Waals surface area contributed by atoms with Gasteiger partial charge in [-0.2, -0.15) is 0 Å². The van der Waals surface area contributed by atoms with Gasteiger partial charge in [-0.25, -0.2) is 4.79 Å². The fourth-order valence-electron chi connectivity index (χ4n) is 5.93. The van der Waals surface area contributed by atoms with E-state index in [2.05, 4.69) is 0 Å². The molecule has 0 unspecified atom stereocenters. The van der Waals surface area contributed by atoms with Crippen molar-refractivity contribution in [1.82, 2.24) is 0 Å². The summed E-state index contributed by atoms with van der Waals surface area (Å²) in [5, 5.41) is 0.729. The maximum absolute atomic E-state index is 13.7. The van der Waals surface area contributed by atoms with Gasteiger partial charge in [0.25, 0.3) is 0 Å². The number of benzene rings is 1. The van der Waals surface area contributed by atoms with E-state index in [1.54, 1.807) is 25.1 Å². The molecule has 7 heteroatoms. The second-order valence-electron chi connectivity index (χ2n) is 10.9. The van der Waals surface area contributed by atoms with E-state index in [-0.39, 0.29) is 33.9 Å².